The Morgan fingerprint density at radius 3 is 1.73 bits per heavy atom. The van der Waals surface area contributed by atoms with E-state index in [1.54, 1.807) is 0 Å². The number of methoxy groups -OCH3 is 2. The van der Waals surface area contributed by atoms with Crippen LogP contribution in [0.2, 0.25) is 0 Å². The summed E-state index contributed by atoms with van der Waals surface area (Å²) >= 11 is 0.394. The van der Waals surface area contributed by atoms with E-state index >= 15 is 0 Å². The molecule has 0 aliphatic carbocycles. The van der Waals surface area contributed by atoms with Gasteiger partial charge in [0.15, 0.2) is 34.8 Å². The number of benzene rings is 2. The summed E-state index contributed by atoms with van der Waals surface area (Å²) in [5, 5.41) is 0. The standard InChI is InChI=1S/C14H9F5O2S/c1-20-7-4-3-6(5-8(7)21-2)22-14-12(18)10(16)9(15)11(17)13(14)19/h3-5H,1-2H3. The Kier molecular flexibility index (Phi) is 4.80. The summed E-state index contributed by atoms with van der Waals surface area (Å²) in [7, 11) is 2.75. The third-order valence-corrected chi connectivity index (χ3v) is 3.80. The second-order valence-electron chi connectivity index (χ2n) is 4.02. The van der Waals surface area contributed by atoms with Crippen LogP contribution in [0.5, 0.6) is 11.5 Å². The number of rotatable bonds is 4. The Hall–Kier alpha value is -1.96. The maximum absolute atomic E-state index is 13.6. The smallest absolute Gasteiger partial charge is 0.200 e. The van der Waals surface area contributed by atoms with E-state index in [9.17, 15) is 22.0 Å². The average Bonchev–Trinajstić information content (AvgIpc) is 2.54. The molecule has 0 spiro atoms. The lowest BCUT2D eigenvalue weighted by Crippen LogP contribution is -2.03. The first kappa shape index (κ1) is 16.4. The SMILES string of the molecule is COc1ccc(Sc2c(F)c(F)c(F)c(F)c2F)cc1OC. The molecule has 0 saturated carbocycles. The largest absolute Gasteiger partial charge is 0.493 e. The van der Waals surface area contributed by atoms with Crippen LogP contribution in [0.3, 0.4) is 0 Å². The molecule has 0 aliphatic rings. The molecule has 8 heteroatoms. The fourth-order valence-corrected chi connectivity index (χ4v) is 2.57. The first-order valence-electron chi connectivity index (χ1n) is 5.82. The Morgan fingerprint density at radius 2 is 1.23 bits per heavy atom. The predicted molar refractivity (Wildman–Crippen MR) is 69.9 cm³/mol. The zero-order chi connectivity index (χ0) is 16.4. The second-order valence-corrected chi connectivity index (χ2v) is 5.10. The van der Waals surface area contributed by atoms with E-state index in [0.717, 1.165) is 0 Å². The normalized spacial score (nSPS) is 10.7. The molecule has 2 rings (SSSR count). The molecule has 0 N–H and O–H groups in total. The number of halogens is 5. The first-order valence-corrected chi connectivity index (χ1v) is 6.63. The van der Waals surface area contributed by atoms with E-state index in [1.165, 1.54) is 32.4 Å². The molecule has 0 bridgehead atoms. The van der Waals surface area contributed by atoms with Crippen molar-refractivity contribution in [1.82, 2.24) is 0 Å². The van der Waals surface area contributed by atoms with Crippen molar-refractivity contribution >= 4 is 11.8 Å². The molecule has 118 valence electrons. The number of hydrogen-bond donors (Lipinski definition) is 0. The molecular weight excluding hydrogens is 327 g/mol. The van der Waals surface area contributed by atoms with Crippen molar-refractivity contribution in [1.29, 1.82) is 0 Å². The van der Waals surface area contributed by atoms with E-state index in [0.29, 0.717) is 17.5 Å². The van der Waals surface area contributed by atoms with Gasteiger partial charge in [-0.25, -0.2) is 22.0 Å². The molecule has 0 aliphatic heterocycles. The average molecular weight is 336 g/mol. The fraction of sp³-hybridized carbons (Fsp3) is 0.143. The summed E-state index contributed by atoms with van der Waals surface area (Å²) in [5.74, 6) is -9.29. The summed E-state index contributed by atoms with van der Waals surface area (Å²) in [6.45, 7) is 0. The van der Waals surface area contributed by atoms with Crippen LogP contribution < -0.4 is 9.47 Å². The Bertz CT molecular complexity index is 692. The van der Waals surface area contributed by atoms with Crippen molar-refractivity contribution in [2.24, 2.45) is 0 Å². The van der Waals surface area contributed by atoms with Crippen LogP contribution in [0.15, 0.2) is 28.0 Å². The quantitative estimate of drug-likeness (QED) is 0.464. The molecule has 2 aromatic carbocycles. The summed E-state index contributed by atoms with van der Waals surface area (Å²) in [4.78, 5) is -0.760. The second kappa shape index (κ2) is 6.43. The monoisotopic (exact) mass is 336 g/mol. The van der Waals surface area contributed by atoms with Crippen LogP contribution in [-0.2, 0) is 0 Å². The highest BCUT2D eigenvalue weighted by Gasteiger charge is 2.26. The predicted octanol–water partition coefficient (Wildman–Crippen LogP) is 4.55. The van der Waals surface area contributed by atoms with E-state index in [1.807, 2.05) is 0 Å². The minimum Gasteiger partial charge on any atom is -0.493 e. The highest BCUT2D eigenvalue weighted by atomic mass is 32.2. The maximum atomic E-state index is 13.6. The van der Waals surface area contributed by atoms with E-state index in [2.05, 4.69) is 0 Å². The van der Waals surface area contributed by atoms with Crippen molar-refractivity contribution in [2.45, 2.75) is 9.79 Å². The molecule has 0 amide bonds. The third kappa shape index (κ3) is 2.83. The summed E-state index contributed by atoms with van der Waals surface area (Å²) < 4.78 is 76.5. The van der Waals surface area contributed by atoms with Gasteiger partial charge in [0.05, 0.1) is 19.1 Å². The van der Waals surface area contributed by atoms with Gasteiger partial charge in [-0.2, -0.15) is 0 Å². The zero-order valence-corrected chi connectivity index (χ0v) is 12.2. The van der Waals surface area contributed by atoms with Gasteiger partial charge in [0, 0.05) is 4.90 Å². The van der Waals surface area contributed by atoms with E-state index in [-0.39, 0.29) is 10.6 Å². The van der Waals surface area contributed by atoms with E-state index in [4.69, 9.17) is 9.47 Å². The van der Waals surface area contributed by atoms with Crippen molar-refractivity contribution in [3.05, 3.63) is 47.3 Å². The van der Waals surface area contributed by atoms with Crippen LogP contribution in [0, 0.1) is 29.1 Å². The Labute approximate surface area is 126 Å². The van der Waals surface area contributed by atoms with Gasteiger partial charge in [-0.15, -0.1) is 0 Å². The molecule has 22 heavy (non-hydrogen) atoms. The van der Waals surface area contributed by atoms with Gasteiger partial charge < -0.3 is 9.47 Å². The minimum atomic E-state index is -2.19. The van der Waals surface area contributed by atoms with Crippen LogP contribution in [0.4, 0.5) is 22.0 Å². The Balaban J connectivity index is 2.48. The third-order valence-electron chi connectivity index (χ3n) is 2.74. The van der Waals surface area contributed by atoms with Crippen molar-refractivity contribution in [3.8, 4) is 11.5 Å². The van der Waals surface area contributed by atoms with Gasteiger partial charge in [0.2, 0.25) is 5.82 Å². The molecule has 0 saturated heterocycles. The number of hydrogen-bond acceptors (Lipinski definition) is 3. The number of ether oxygens (including phenoxy) is 2. The molecule has 0 aromatic heterocycles. The zero-order valence-electron chi connectivity index (χ0n) is 11.3. The van der Waals surface area contributed by atoms with Crippen molar-refractivity contribution in [2.75, 3.05) is 14.2 Å². The van der Waals surface area contributed by atoms with Gasteiger partial charge in [-0.1, -0.05) is 11.8 Å². The lowest BCUT2D eigenvalue weighted by atomic mass is 10.3. The fourth-order valence-electron chi connectivity index (χ4n) is 1.67. The maximum Gasteiger partial charge on any atom is 0.200 e. The van der Waals surface area contributed by atoms with Gasteiger partial charge in [-0.3, -0.25) is 0 Å². The van der Waals surface area contributed by atoms with Gasteiger partial charge in [0.25, 0.3) is 0 Å². The minimum absolute atomic E-state index is 0.223. The molecule has 2 aromatic rings. The molecule has 0 fully saturated rings. The molecule has 0 unspecified atom stereocenters. The van der Waals surface area contributed by atoms with Crippen LogP contribution in [0.1, 0.15) is 0 Å². The summed E-state index contributed by atoms with van der Waals surface area (Å²) in [5.41, 5.74) is 0. The molecule has 0 atom stereocenters. The lowest BCUT2D eigenvalue weighted by Gasteiger charge is -2.11. The van der Waals surface area contributed by atoms with Crippen LogP contribution >= 0.6 is 11.8 Å². The van der Waals surface area contributed by atoms with Gasteiger partial charge >= 0.3 is 0 Å². The molecule has 0 radical (unpaired) electrons. The van der Waals surface area contributed by atoms with Gasteiger partial charge in [-0.05, 0) is 18.2 Å². The topological polar surface area (TPSA) is 18.5 Å². The van der Waals surface area contributed by atoms with Crippen molar-refractivity contribution < 1.29 is 31.4 Å². The summed E-state index contributed by atoms with van der Waals surface area (Å²) in [6, 6.07) is 4.22. The first-order chi connectivity index (χ1) is 10.4. The Morgan fingerprint density at radius 1 is 0.727 bits per heavy atom. The van der Waals surface area contributed by atoms with Gasteiger partial charge in [0.1, 0.15) is 0 Å². The highest BCUT2D eigenvalue weighted by molar-refractivity contribution is 7.99. The van der Waals surface area contributed by atoms with Crippen LogP contribution in [-0.4, -0.2) is 14.2 Å². The highest BCUT2D eigenvalue weighted by Crippen LogP contribution is 2.39. The summed E-state index contributed by atoms with van der Waals surface area (Å²) in [6.07, 6.45) is 0. The molecular formula is C14H9F5O2S. The molecule has 0 heterocycles. The van der Waals surface area contributed by atoms with Crippen molar-refractivity contribution in [3.63, 3.8) is 0 Å². The van der Waals surface area contributed by atoms with Crippen LogP contribution in [0.25, 0.3) is 0 Å². The molecule has 2 nitrogen and oxygen atoms in total. The van der Waals surface area contributed by atoms with E-state index < -0.39 is 34.0 Å². The lowest BCUT2D eigenvalue weighted by molar-refractivity contribution is 0.354.